The summed E-state index contributed by atoms with van der Waals surface area (Å²) >= 11 is 4.50. The highest BCUT2D eigenvalue weighted by atomic mass is 32.2. The number of aryl methyl sites for hydroxylation is 1. The van der Waals surface area contributed by atoms with E-state index in [9.17, 15) is 9.59 Å². The van der Waals surface area contributed by atoms with Gasteiger partial charge in [-0.25, -0.2) is 4.79 Å². The summed E-state index contributed by atoms with van der Waals surface area (Å²) in [6, 6.07) is 8.21. The monoisotopic (exact) mass is 512 g/mol. The first kappa shape index (κ1) is 23.1. The van der Waals surface area contributed by atoms with Crippen LogP contribution < -0.4 is 5.32 Å². The number of carbonyl (C=O) groups excluding carboxylic acids is 2. The fourth-order valence-corrected chi connectivity index (χ4v) is 7.21. The SMILES string of the molecule is COC(=O)c1c(NC(=O)CSc2nnc(-c3csc4ccccc34)n2C)sc2c1CCCCC2. The van der Waals surface area contributed by atoms with Crippen LogP contribution >= 0.6 is 34.4 Å². The molecule has 10 heteroatoms. The predicted molar refractivity (Wildman–Crippen MR) is 138 cm³/mol. The number of methoxy groups -OCH3 is 1. The standard InChI is InChI=1S/C24H24N4O3S3/c1-28-21(16-12-32-17-10-7-6-8-14(16)17)26-27-24(28)33-13-19(29)25-22-20(23(30)31-2)15-9-4-3-5-11-18(15)34-22/h6-8,10,12H,3-5,9,11,13H2,1-2H3,(H,25,29). The molecule has 1 aliphatic carbocycles. The van der Waals surface area contributed by atoms with Crippen LogP contribution in [0.25, 0.3) is 21.5 Å². The third-order valence-corrected chi connectivity index (χ3v) is 9.14. The number of rotatable bonds is 6. The van der Waals surface area contributed by atoms with E-state index in [2.05, 4.69) is 33.0 Å². The number of amides is 1. The van der Waals surface area contributed by atoms with Gasteiger partial charge in [0.25, 0.3) is 0 Å². The van der Waals surface area contributed by atoms with Crippen molar-refractivity contribution in [2.45, 2.75) is 37.3 Å². The Hall–Kier alpha value is -2.69. The molecule has 0 spiro atoms. The van der Waals surface area contributed by atoms with E-state index in [0.29, 0.717) is 15.7 Å². The van der Waals surface area contributed by atoms with E-state index in [1.54, 1.807) is 11.3 Å². The van der Waals surface area contributed by atoms with Gasteiger partial charge >= 0.3 is 5.97 Å². The Kier molecular flexibility index (Phi) is 6.71. The lowest BCUT2D eigenvalue weighted by atomic mass is 10.1. The third-order valence-electron chi connectivity index (χ3n) is 5.95. The molecular weight excluding hydrogens is 488 g/mol. The number of thioether (sulfide) groups is 1. The second-order valence-corrected chi connectivity index (χ2v) is 11.1. The summed E-state index contributed by atoms with van der Waals surface area (Å²) in [5.41, 5.74) is 2.60. The maximum absolute atomic E-state index is 12.8. The average molecular weight is 513 g/mol. The van der Waals surface area contributed by atoms with Crippen LogP contribution in [0.5, 0.6) is 0 Å². The number of thiophene rings is 2. The largest absolute Gasteiger partial charge is 0.465 e. The van der Waals surface area contributed by atoms with Crippen LogP contribution in [-0.4, -0.2) is 39.5 Å². The number of benzene rings is 1. The number of carbonyl (C=O) groups is 2. The molecule has 3 heterocycles. The van der Waals surface area contributed by atoms with Crippen LogP contribution in [0, 0.1) is 0 Å². The van der Waals surface area contributed by atoms with Crippen LogP contribution in [0.15, 0.2) is 34.8 Å². The van der Waals surface area contributed by atoms with Gasteiger partial charge in [-0.15, -0.1) is 32.9 Å². The fraction of sp³-hybridized carbons (Fsp3) is 0.333. The van der Waals surface area contributed by atoms with Crippen molar-refractivity contribution in [3.05, 3.63) is 45.6 Å². The number of anilines is 1. The molecule has 0 unspecified atom stereocenters. The van der Waals surface area contributed by atoms with Crippen molar-refractivity contribution in [1.82, 2.24) is 14.8 Å². The number of nitrogens with one attached hydrogen (secondary N) is 1. The molecule has 1 amide bonds. The van der Waals surface area contributed by atoms with E-state index in [1.807, 2.05) is 23.7 Å². The predicted octanol–water partition coefficient (Wildman–Crippen LogP) is 5.54. The van der Waals surface area contributed by atoms with Crippen molar-refractivity contribution in [1.29, 1.82) is 0 Å². The molecule has 0 saturated carbocycles. The van der Waals surface area contributed by atoms with Crippen molar-refractivity contribution in [3.8, 4) is 11.4 Å². The van der Waals surface area contributed by atoms with Gasteiger partial charge in [-0.2, -0.15) is 0 Å². The topological polar surface area (TPSA) is 86.1 Å². The molecule has 0 atom stereocenters. The molecule has 7 nitrogen and oxygen atoms in total. The molecule has 0 radical (unpaired) electrons. The van der Waals surface area contributed by atoms with Crippen molar-refractivity contribution >= 4 is 61.4 Å². The van der Waals surface area contributed by atoms with Crippen LogP contribution in [0.4, 0.5) is 5.00 Å². The minimum absolute atomic E-state index is 0.166. The lowest BCUT2D eigenvalue weighted by molar-refractivity contribution is -0.113. The maximum atomic E-state index is 12.8. The van der Waals surface area contributed by atoms with Gasteiger partial charge in [0, 0.05) is 33.0 Å². The van der Waals surface area contributed by atoms with E-state index >= 15 is 0 Å². The highest BCUT2D eigenvalue weighted by Gasteiger charge is 2.26. The molecule has 0 bridgehead atoms. The Bertz CT molecular complexity index is 1370. The Labute approximate surface area is 209 Å². The molecule has 1 N–H and O–H groups in total. The number of fused-ring (bicyclic) bond motifs is 2. The number of ether oxygens (including phenoxy) is 1. The Balaban J connectivity index is 1.31. The van der Waals surface area contributed by atoms with Crippen LogP contribution in [0.1, 0.15) is 40.1 Å². The Morgan fingerprint density at radius 1 is 1.18 bits per heavy atom. The van der Waals surface area contributed by atoms with Crippen molar-refractivity contribution in [2.75, 3.05) is 18.2 Å². The van der Waals surface area contributed by atoms with Crippen LogP contribution in [0.2, 0.25) is 0 Å². The van der Waals surface area contributed by atoms with Crippen molar-refractivity contribution in [2.24, 2.45) is 7.05 Å². The van der Waals surface area contributed by atoms with E-state index < -0.39 is 0 Å². The zero-order valence-electron chi connectivity index (χ0n) is 18.9. The first-order chi connectivity index (χ1) is 16.6. The van der Waals surface area contributed by atoms with Gasteiger partial charge < -0.3 is 14.6 Å². The van der Waals surface area contributed by atoms with Gasteiger partial charge in [-0.1, -0.05) is 36.4 Å². The second kappa shape index (κ2) is 9.89. The normalized spacial score (nSPS) is 13.5. The summed E-state index contributed by atoms with van der Waals surface area (Å²) in [5, 5.41) is 16.1. The number of esters is 1. The van der Waals surface area contributed by atoms with Gasteiger partial charge in [-0.3, -0.25) is 4.79 Å². The summed E-state index contributed by atoms with van der Waals surface area (Å²) in [6.07, 6.45) is 5.09. The lowest BCUT2D eigenvalue weighted by Crippen LogP contribution is -2.16. The minimum Gasteiger partial charge on any atom is -0.465 e. The van der Waals surface area contributed by atoms with E-state index in [1.165, 1.54) is 39.8 Å². The molecule has 0 fully saturated rings. The minimum atomic E-state index is -0.386. The molecule has 1 aromatic carbocycles. The quantitative estimate of drug-likeness (QED) is 0.207. The smallest absolute Gasteiger partial charge is 0.341 e. The van der Waals surface area contributed by atoms with Gasteiger partial charge in [0.1, 0.15) is 5.00 Å². The van der Waals surface area contributed by atoms with Crippen molar-refractivity contribution < 1.29 is 14.3 Å². The molecule has 3 aromatic heterocycles. The molecule has 176 valence electrons. The first-order valence-electron chi connectivity index (χ1n) is 11.1. The van der Waals surface area contributed by atoms with E-state index in [0.717, 1.165) is 54.4 Å². The van der Waals surface area contributed by atoms with E-state index in [4.69, 9.17) is 4.74 Å². The third kappa shape index (κ3) is 4.37. The maximum Gasteiger partial charge on any atom is 0.341 e. The number of aromatic nitrogens is 3. The Morgan fingerprint density at radius 3 is 2.85 bits per heavy atom. The summed E-state index contributed by atoms with van der Waals surface area (Å²) in [6.45, 7) is 0. The highest BCUT2D eigenvalue weighted by Crippen LogP contribution is 2.38. The fourth-order valence-electron chi connectivity index (χ4n) is 4.27. The zero-order chi connectivity index (χ0) is 23.7. The number of hydrogen-bond acceptors (Lipinski definition) is 8. The molecule has 34 heavy (non-hydrogen) atoms. The van der Waals surface area contributed by atoms with Crippen molar-refractivity contribution in [3.63, 3.8) is 0 Å². The van der Waals surface area contributed by atoms with Gasteiger partial charge in [0.05, 0.1) is 18.4 Å². The molecule has 0 aliphatic heterocycles. The van der Waals surface area contributed by atoms with Crippen LogP contribution in [0.3, 0.4) is 0 Å². The molecular formula is C24H24N4O3S3. The zero-order valence-corrected chi connectivity index (χ0v) is 21.4. The number of hydrogen-bond donors (Lipinski definition) is 1. The highest BCUT2D eigenvalue weighted by molar-refractivity contribution is 7.99. The lowest BCUT2D eigenvalue weighted by Gasteiger charge is -2.07. The van der Waals surface area contributed by atoms with E-state index in [-0.39, 0.29) is 17.6 Å². The van der Waals surface area contributed by atoms with Gasteiger partial charge in [0.15, 0.2) is 11.0 Å². The van der Waals surface area contributed by atoms with Crippen LogP contribution in [-0.2, 0) is 29.4 Å². The summed E-state index contributed by atoms with van der Waals surface area (Å²) in [4.78, 5) is 26.5. The summed E-state index contributed by atoms with van der Waals surface area (Å²) in [7, 11) is 3.29. The molecule has 4 aromatic rings. The average Bonchev–Trinajstić information content (AvgIpc) is 3.47. The summed E-state index contributed by atoms with van der Waals surface area (Å²) < 4.78 is 8.14. The molecule has 0 saturated heterocycles. The Morgan fingerprint density at radius 2 is 2.00 bits per heavy atom. The van der Waals surface area contributed by atoms with Gasteiger partial charge in [0.2, 0.25) is 5.91 Å². The second-order valence-electron chi connectivity index (χ2n) is 8.11. The summed E-state index contributed by atoms with van der Waals surface area (Å²) in [5.74, 6) is 0.371. The molecule has 1 aliphatic rings. The first-order valence-corrected chi connectivity index (χ1v) is 13.8. The molecule has 5 rings (SSSR count). The van der Waals surface area contributed by atoms with Gasteiger partial charge in [-0.05, 0) is 37.3 Å². The number of nitrogens with zero attached hydrogens (tertiary/aromatic N) is 3.